The number of aryl methyl sites for hydroxylation is 2. The molecular weight excluding hydrogens is 338 g/mol. The molecule has 0 atom stereocenters. The summed E-state index contributed by atoms with van der Waals surface area (Å²) in [7, 11) is 2.16. The van der Waals surface area contributed by atoms with Crippen molar-refractivity contribution in [2.24, 2.45) is 7.05 Å². The zero-order chi connectivity index (χ0) is 18.8. The summed E-state index contributed by atoms with van der Waals surface area (Å²) in [6.07, 6.45) is 2.30. The Balaban J connectivity index is 1.65. The van der Waals surface area contributed by atoms with Crippen molar-refractivity contribution in [3.8, 4) is 33.5 Å². The van der Waals surface area contributed by atoms with Crippen molar-refractivity contribution in [1.82, 2.24) is 0 Å². The summed E-state index contributed by atoms with van der Waals surface area (Å²) in [4.78, 5) is 0. The van der Waals surface area contributed by atoms with Gasteiger partial charge in [0.05, 0.1) is 5.56 Å². The molecule has 1 heteroatoms. The SMILES string of the molecule is Cc1cc2ccccc2cc1-c1cc2c(c[n+]1C)-c1cccc3cccc-2c13. The summed E-state index contributed by atoms with van der Waals surface area (Å²) in [6, 6.07) is 28.9. The first-order valence-electron chi connectivity index (χ1n) is 9.77. The van der Waals surface area contributed by atoms with E-state index in [0.29, 0.717) is 0 Å². The molecule has 132 valence electrons. The fourth-order valence-electron chi connectivity index (χ4n) is 4.77. The van der Waals surface area contributed by atoms with Crippen molar-refractivity contribution >= 4 is 21.5 Å². The molecule has 1 aliphatic rings. The van der Waals surface area contributed by atoms with Gasteiger partial charge in [-0.15, -0.1) is 0 Å². The van der Waals surface area contributed by atoms with Crippen LogP contribution >= 0.6 is 0 Å². The topological polar surface area (TPSA) is 3.88 Å². The largest absolute Gasteiger partial charge is 0.213 e. The lowest BCUT2D eigenvalue weighted by atomic mass is 9.96. The molecule has 0 saturated heterocycles. The number of aromatic nitrogens is 1. The van der Waals surface area contributed by atoms with Crippen LogP contribution in [0.5, 0.6) is 0 Å². The Kier molecular flexibility index (Phi) is 3.08. The van der Waals surface area contributed by atoms with Crippen LogP contribution in [0.25, 0.3) is 55.1 Å². The van der Waals surface area contributed by atoms with Gasteiger partial charge in [-0.3, -0.25) is 0 Å². The summed E-state index contributed by atoms with van der Waals surface area (Å²) in [5.41, 5.74) is 9.23. The predicted octanol–water partition coefficient (Wildman–Crippen LogP) is 6.44. The summed E-state index contributed by atoms with van der Waals surface area (Å²) in [6.45, 7) is 2.21. The molecule has 1 aromatic heterocycles. The number of nitrogens with zero attached hydrogens (tertiary/aromatic N) is 1. The molecule has 0 radical (unpaired) electrons. The fraction of sp³-hybridized carbons (Fsp3) is 0.0741. The van der Waals surface area contributed by atoms with Crippen molar-refractivity contribution in [2.45, 2.75) is 6.92 Å². The first-order chi connectivity index (χ1) is 13.7. The molecular formula is C27H20N+. The minimum absolute atomic E-state index is 1.26. The maximum absolute atomic E-state index is 2.38. The zero-order valence-electron chi connectivity index (χ0n) is 16.0. The van der Waals surface area contributed by atoms with Crippen molar-refractivity contribution < 1.29 is 4.57 Å². The summed E-state index contributed by atoms with van der Waals surface area (Å²) in [5.74, 6) is 0. The molecule has 0 unspecified atom stereocenters. The number of hydrogen-bond donors (Lipinski definition) is 0. The molecule has 4 aromatic carbocycles. The van der Waals surface area contributed by atoms with E-state index in [2.05, 4.69) is 104 Å². The maximum atomic E-state index is 2.38. The third kappa shape index (κ3) is 2.05. The van der Waals surface area contributed by atoms with Crippen molar-refractivity contribution in [1.29, 1.82) is 0 Å². The van der Waals surface area contributed by atoms with Crippen molar-refractivity contribution in [2.75, 3.05) is 0 Å². The Hall–Kier alpha value is -3.45. The number of rotatable bonds is 1. The van der Waals surface area contributed by atoms with E-state index in [1.54, 1.807) is 0 Å². The van der Waals surface area contributed by atoms with Gasteiger partial charge >= 0.3 is 0 Å². The van der Waals surface area contributed by atoms with Crippen LogP contribution in [-0.4, -0.2) is 0 Å². The predicted molar refractivity (Wildman–Crippen MR) is 117 cm³/mol. The highest BCUT2D eigenvalue weighted by Gasteiger charge is 2.26. The van der Waals surface area contributed by atoms with Crippen LogP contribution in [0.15, 0.2) is 85.1 Å². The molecule has 0 fully saturated rings. The van der Waals surface area contributed by atoms with E-state index in [0.717, 1.165) is 0 Å². The lowest BCUT2D eigenvalue weighted by molar-refractivity contribution is -0.659. The lowest BCUT2D eigenvalue weighted by Gasteiger charge is -2.09. The Morgan fingerprint density at radius 3 is 1.96 bits per heavy atom. The minimum Gasteiger partial charge on any atom is -0.200 e. The quantitative estimate of drug-likeness (QED) is 0.298. The van der Waals surface area contributed by atoms with Crippen LogP contribution in [0.3, 0.4) is 0 Å². The molecule has 5 aromatic rings. The molecule has 1 aliphatic carbocycles. The van der Waals surface area contributed by atoms with Gasteiger partial charge in [-0.05, 0) is 51.2 Å². The number of pyridine rings is 1. The smallest absolute Gasteiger partial charge is 0.200 e. The highest BCUT2D eigenvalue weighted by molar-refractivity contribution is 6.15. The standard InChI is InChI=1S/C27H20N/c1-17-13-19-7-3-4-8-20(19)14-23(17)26-15-24-21-11-5-9-18-10-6-12-22(27(18)21)25(24)16-28(26)2/h3-16H,1-2H3/q+1. The average molecular weight is 358 g/mol. The molecule has 0 amide bonds. The zero-order valence-corrected chi connectivity index (χ0v) is 16.0. The molecule has 0 saturated carbocycles. The van der Waals surface area contributed by atoms with Crippen molar-refractivity contribution in [3.63, 3.8) is 0 Å². The van der Waals surface area contributed by atoms with Gasteiger partial charge in [0.2, 0.25) is 5.69 Å². The molecule has 0 N–H and O–H groups in total. The van der Waals surface area contributed by atoms with Gasteiger partial charge in [0.15, 0.2) is 6.20 Å². The molecule has 28 heavy (non-hydrogen) atoms. The maximum Gasteiger partial charge on any atom is 0.213 e. The third-order valence-corrected chi connectivity index (χ3v) is 6.13. The second-order valence-electron chi connectivity index (χ2n) is 7.82. The van der Waals surface area contributed by atoms with E-state index >= 15 is 0 Å². The van der Waals surface area contributed by atoms with Crippen LogP contribution < -0.4 is 4.57 Å². The summed E-state index contributed by atoms with van der Waals surface area (Å²) >= 11 is 0. The Labute approximate surface area is 164 Å². The molecule has 0 bridgehead atoms. The normalized spacial score (nSPS) is 11.9. The minimum atomic E-state index is 1.26. The van der Waals surface area contributed by atoms with E-state index in [1.165, 1.54) is 60.6 Å². The first-order valence-corrected chi connectivity index (χ1v) is 9.77. The van der Waals surface area contributed by atoms with E-state index in [4.69, 9.17) is 0 Å². The van der Waals surface area contributed by atoms with E-state index in [-0.39, 0.29) is 0 Å². The Morgan fingerprint density at radius 2 is 1.21 bits per heavy atom. The Bertz CT molecular complexity index is 1420. The Morgan fingerprint density at radius 1 is 0.571 bits per heavy atom. The van der Waals surface area contributed by atoms with E-state index in [1.807, 2.05) is 0 Å². The molecule has 1 heterocycles. The second kappa shape index (κ2) is 5.53. The molecule has 6 rings (SSSR count). The van der Waals surface area contributed by atoms with Crippen LogP contribution in [0, 0.1) is 6.92 Å². The van der Waals surface area contributed by atoms with Gasteiger partial charge in [0.25, 0.3) is 0 Å². The molecule has 0 aliphatic heterocycles. The van der Waals surface area contributed by atoms with E-state index < -0.39 is 0 Å². The van der Waals surface area contributed by atoms with E-state index in [9.17, 15) is 0 Å². The number of hydrogen-bond acceptors (Lipinski definition) is 0. The van der Waals surface area contributed by atoms with Crippen LogP contribution in [-0.2, 0) is 7.05 Å². The highest BCUT2D eigenvalue weighted by atomic mass is 14.9. The van der Waals surface area contributed by atoms with Crippen molar-refractivity contribution in [3.05, 3.63) is 90.6 Å². The van der Waals surface area contributed by atoms with Crippen LogP contribution in [0.1, 0.15) is 5.56 Å². The van der Waals surface area contributed by atoms with Gasteiger partial charge in [-0.2, -0.15) is 0 Å². The monoisotopic (exact) mass is 358 g/mol. The second-order valence-corrected chi connectivity index (χ2v) is 7.82. The fourth-order valence-corrected chi connectivity index (χ4v) is 4.77. The van der Waals surface area contributed by atoms with Gasteiger partial charge < -0.3 is 0 Å². The lowest BCUT2D eigenvalue weighted by Crippen LogP contribution is -2.31. The summed E-state index contributed by atoms with van der Waals surface area (Å²) < 4.78 is 2.28. The number of benzene rings is 4. The van der Waals surface area contributed by atoms with Crippen LogP contribution in [0.2, 0.25) is 0 Å². The molecule has 1 nitrogen and oxygen atoms in total. The van der Waals surface area contributed by atoms with Gasteiger partial charge in [0, 0.05) is 17.2 Å². The number of fused-ring (bicyclic) bond motifs is 4. The van der Waals surface area contributed by atoms with Gasteiger partial charge in [-0.1, -0.05) is 66.7 Å². The summed E-state index contributed by atoms with van der Waals surface area (Å²) in [5, 5.41) is 5.28. The highest BCUT2D eigenvalue weighted by Crippen LogP contribution is 2.47. The molecule has 0 spiro atoms. The average Bonchev–Trinajstić information content (AvgIpc) is 3.02. The third-order valence-electron chi connectivity index (χ3n) is 6.13. The van der Waals surface area contributed by atoms with Crippen LogP contribution in [0.4, 0.5) is 0 Å². The van der Waals surface area contributed by atoms with Gasteiger partial charge in [-0.25, -0.2) is 4.57 Å². The first kappa shape index (κ1) is 15.6. The van der Waals surface area contributed by atoms with Gasteiger partial charge in [0.1, 0.15) is 7.05 Å².